The molecular formula is C26H19B2N10P4+3. The zero-order valence-electron chi connectivity index (χ0n) is 22.6. The Labute approximate surface area is 248 Å². The molecule has 4 rings (SSSR count). The van der Waals surface area contributed by atoms with Crippen LogP contribution in [-0.4, -0.2) is 82.7 Å². The number of nitriles is 4. The summed E-state index contributed by atoms with van der Waals surface area (Å²) in [7, 11) is 2.71. The first-order valence-corrected chi connectivity index (χ1v) is 17.7. The summed E-state index contributed by atoms with van der Waals surface area (Å²) in [6.07, 6.45) is 20.5. The van der Waals surface area contributed by atoms with E-state index in [4.69, 9.17) is 11.1 Å². The number of aromatic nitrogens is 4. The molecule has 0 radical (unpaired) electrons. The van der Waals surface area contributed by atoms with Crippen LogP contribution in [-0.2, 0) is 0 Å². The van der Waals surface area contributed by atoms with Crippen LogP contribution in [0, 0.1) is 57.0 Å². The van der Waals surface area contributed by atoms with Crippen molar-refractivity contribution < 1.29 is 0 Å². The van der Waals surface area contributed by atoms with Crippen LogP contribution < -0.4 is 10.7 Å². The number of aliphatic imine (C=N–C) groups is 2. The van der Waals surface area contributed by atoms with Gasteiger partial charge in [-0.2, -0.15) is 0 Å². The van der Waals surface area contributed by atoms with Gasteiger partial charge in [0.05, 0.1) is 0 Å². The number of hydrogen-bond donors (Lipinski definition) is 0. The summed E-state index contributed by atoms with van der Waals surface area (Å²) in [6.45, 7) is 4.13. The first-order chi connectivity index (χ1) is 20.3. The molecule has 0 spiro atoms. The van der Waals surface area contributed by atoms with E-state index in [0.717, 1.165) is 0 Å². The van der Waals surface area contributed by atoms with E-state index >= 15 is 0 Å². The van der Waals surface area contributed by atoms with Crippen LogP contribution in [0.1, 0.15) is 5.69 Å². The van der Waals surface area contributed by atoms with Crippen molar-refractivity contribution in [3.63, 3.8) is 0 Å². The van der Waals surface area contributed by atoms with Gasteiger partial charge in [0.25, 0.3) is 0 Å². The molecule has 3 aromatic rings. The Kier molecular flexibility index (Phi) is 9.68. The zero-order valence-corrected chi connectivity index (χ0v) is 26.2. The molecule has 1 aliphatic rings. The van der Waals surface area contributed by atoms with Crippen LogP contribution in [0.3, 0.4) is 0 Å². The second-order valence-electron chi connectivity index (χ2n) is 8.99. The SMILES string of the molecule is C#[P+]B(n1c(C2=NCCN=C2)c2c(=C(C#N)C#N)n(B(C#P)[P+](=C)C)c(-c3cnccn3)c2c1=C(C#N)C#N)[P+](=C)C. The summed E-state index contributed by atoms with van der Waals surface area (Å²) in [4.78, 5) is 18.0. The van der Waals surface area contributed by atoms with Gasteiger partial charge in [0.15, 0.2) is 0 Å². The Bertz CT molecular complexity index is 2070. The Morgan fingerprint density at radius 3 is 2.05 bits per heavy atom. The average Bonchev–Trinajstić information content (AvgIpc) is 3.49. The zero-order chi connectivity index (χ0) is 30.6. The van der Waals surface area contributed by atoms with Crippen LogP contribution in [0.15, 0.2) is 28.6 Å². The second-order valence-corrected chi connectivity index (χ2v) is 14.4. The van der Waals surface area contributed by atoms with E-state index in [9.17, 15) is 21.0 Å². The fourth-order valence-corrected chi connectivity index (χ4v) is 8.27. The number of hydrogen-bond acceptors (Lipinski definition) is 8. The van der Waals surface area contributed by atoms with Gasteiger partial charge in [-0.25, -0.2) is 0 Å². The van der Waals surface area contributed by atoms with Gasteiger partial charge in [0.2, 0.25) is 0 Å². The monoisotopic (exact) mass is 617 g/mol. The molecule has 0 fully saturated rings. The third-order valence-corrected chi connectivity index (χ3v) is 11.1. The molecule has 0 aromatic carbocycles. The van der Waals surface area contributed by atoms with E-state index in [-0.39, 0.29) is 21.8 Å². The van der Waals surface area contributed by atoms with Gasteiger partial charge in [-0.05, 0) is 0 Å². The van der Waals surface area contributed by atoms with Crippen molar-refractivity contribution in [1.29, 1.82) is 21.0 Å². The normalized spacial score (nSPS) is 12.4. The molecule has 3 aromatic heterocycles. The molecule has 16 heteroatoms. The molecule has 0 saturated heterocycles. The first-order valence-electron chi connectivity index (χ1n) is 12.2. The quantitative estimate of drug-likeness (QED) is 0.306. The first kappa shape index (κ1) is 30.8. The number of nitrogens with zero attached hydrogens (tertiary/aromatic N) is 10. The van der Waals surface area contributed by atoms with Gasteiger partial charge >= 0.3 is 249 Å². The molecule has 0 amide bonds. The van der Waals surface area contributed by atoms with E-state index < -0.39 is 27.7 Å². The Morgan fingerprint density at radius 2 is 1.60 bits per heavy atom. The summed E-state index contributed by atoms with van der Waals surface area (Å²) in [5.74, 6) is 0. The van der Waals surface area contributed by atoms with E-state index in [1.54, 1.807) is 10.7 Å². The fourth-order valence-electron chi connectivity index (χ4n) is 4.84. The predicted octanol–water partition coefficient (Wildman–Crippen LogP) is 2.87. The molecule has 42 heavy (non-hydrogen) atoms. The number of rotatable bonds is 6. The van der Waals surface area contributed by atoms with Gasteiger partial charge in [-0.15, -0.1) is 0 Å². The van der Waals surface area contributed by atoms with Crippen molar-refractivity contribution in [2.24, 2.45) is 9.98 Å². The van der Waals surface area contributed by atoms with E-state index in [2.05, 4.69) is 41.8 Å². The van der Waals surface area contributed by atoms with Crippen LogP contribution in [0.2, 0.25) is 0 Å². The predicted molar refractivity (Wildman–Crippen MR) is 179 cm³/mol. The van der Waals surface area contributed by atoms with Crippen LogP contribution >= 0.6 is 31.5 Å². The topological polar surface area (TPSA) is 156 Å². The van der Waals surface area contributed by atoms with Crippen molar-refractivity contribution in [3.8, 4) is 47.3 Å². The summed E-state index contributed by atoms with van der Waals surface area (Å²) < 4.78 is 3.56. The maximum absolute atomic E-state index is 10.3. The molecule has 196 valence electrons. The molecule has 0 aliphatic carbocycles. The van der Waals surface area contributed by atoms with Gasteiger partial charge < -0.3 is 0 Å². The molecule has 1 aliphatic heterocycles. The molecule has 0 saturated carbocycles. The maximum atomic E-state index is 10.3. The Morgan fingerprint density at radius 1 is 0.976 bits per heavy atom. The van der Waals surface area contributed by atoms with Gasteiger partial charge in [-0.1, -0.05) is 0 Å². The van der Waals surface area contributed by atoms with Crippen molar-refractivity contribution >= 4 is 90.8 Å². The van der Waals surface area contributed by atoms with E-state index in [1.807, 2.05) is 42.1 Å². The minimum atomic E-state index is -1.09. The minimum absolute atomic E-state index is 0.196. The molecule has 4 heterocycles. The van der Waals surface area contributed by atoms with Crippen molar-refractivity contribution in [2.75, 3.05) is 26.4 Å². The Balaban J connectivity index is 2.64. The summed E-state index contributed by atoms with van der Waals surface area (Å²) in [6, 6.07) is 8.18. The molecule has 0 bridgehead atoms. The summed E-state index contributed by atoms with van der Waals surface area (Å²) in [5, 5.41) is 42.4. The van der Waals surface area contributed by atoms with Gasteiger partial charge in [-0.3, -0.25) is 0 Å². The van der Waals surface area contributed by atoms with Crippen molar-refractivity contribution in [2.45, 2.75) is 0 Å². The molecule has 10 nitrogen and oxygen atoms in total. The third-order valence-electron chi connectivity index (χ3n) is 6.39. The van der Waals surface area contributed by atoms with Gasteiger partial charge in [0, 0.05) is 0 Å². The average molecular weight is 617 g/mol. The molecular weight excluding hydrogens is 598 g/mol. The van der Waals surface area contributed by atoms with E-state index in [1.165, 1.54) is 18.6 Å². The number of fused-ring (bicyclic) bond motifs is 1. The van der Waals surface area contributed by atoms with Crippen LogP contribution in [0.25, 0.3) is 33.3 Å². The van der Waals surface area contributed by atoms with Crippen molar-refractivity contribution in [3.05, 3.63) is 35.0 Å². The Hall–Kier alpha value is -4.17. The van der Waals surface area contributed by atoms with Crippen LogP contribution in [0.4, 0.5) is 0 Å². The molecule has 2 atom stereocenters. The van der Waals surface area contributed by atoms with Gasteiger partial charge in [0.1, 0.15) is 0 Å². The summed E-state index contributed by atoms with van der Waals surface area (Å²) in [5.41, 5.74) is 4.31. The molecule has 2 unspecified atom stereocenters. The molecule has 0 N–H and O–H groups in total. The van der Waals surface area contributed by atoms with Crippen molar-refractivity contribution in [1.82, 2.24) is 18.9 Å². The van der Waals surface area contributed by atoms with Crippen LogP contribution in [0.5, 0.6) is 0 Å². The third kappa shape index (κ3) is 5.15. The second kappa shape index (κ2) is 13.2. The summed E-state index contributed by atoms with van der Waals surface area (Å²) >= 11 is 0. The van der Waals surface area contributed by atoms with E-state index in [0.29, 0.717) is 54.6 Å². The fraction of sp³-hybridized carbons (Fsp3) is 0.154. The standard InChI is InChI=1S/C26H19B2N10P4/c1-40-28(42(4)5)38-24(18(12-31)13-32)22-21(26(38)20-15-34-7-9-36-20)23(17(10-29)11-30)37(27(16-39)41(2)3)25(22)19-14-33-6-8-35-19/h1,6,8,14-15H,2,4,7,9H2,3,5H3/q+3.